The number of thioether (sulfide) groups is 1. The van der Waals surface area contributed by atoms with Crippen molar-refractivity contribution in [1.82, 2.24) is 0 Å². The molecule has 0 aromatic heterocycles. The van der Waals surface area contributed by atoms with Gasteiger partial charge >= 0.3 is 0 Å². The first-order valence-electron chi connectivity index (χ1n) is 4.65. The topological polar surface area (TPSA) is 18.5 Å². The highest BCUT2D eigenvalue weighted by Crippen LogP contribution is 2.16. The lowest BCUT2D eigenvalue weighted by molar-refractivity contribution is 0.143. The Bertz CT molecular complexity index is 212. The SMILES string of the molecule is CCCC/C(C)=C(\OC)OC(=S)SC. The van der Waals surface area contributed by atoms with E-state index in [4.69, 9.17) is 21.7 Å². The molecule has 0 saturated heterocycles. The van der Waals surface area contributed by atoms with Crippen molar-refractivity contribution in [3.05, 3.63) is 11.5 Å². The second kappa shape index (κ2) is 8.12. The molecule has 0 fully saturated rings. The predicted molar refractivity (Wildman–Crippen MR) is 66.4 cm³/mol. The number of hydrogen-bond acceptors (Lipinski definition) is 4. The number of methoxy groups -OCH3 is 1. The Morgan fingerprint density at radius 1 is 1.43 bits per heavy atom. The largest absolute Gasteiger partial charge is 0.468 e. The van der Waals surface area contributed by atoms with Crippen LogP contribution in [-0.4, -0.2) is 17.7 Å². The lowest BCUT2D eigenvalue weighted by Gasteiger charge is -2.11. The van der Waals surface area contributed by atoms with Gasteiger partial charge in [-0.1, -0.05) is 25.1 Å². The summed E-state index contributed by atoms with van der Waals surface area (Å²) in [5.41, 5.74) is 1.12. The van der Waals surface area contributed by atoms with E-state index in [2.05, 4.69) is 6.92 Å². The summed E-state index contributed by atoms with van der Waals surface area (Å²) < 4.78 is 11.0. The van der Waals surface area contributed by atoms with E-state index in [-0.39, 0.29) is 0 Å². The molecule has 0 bridgehead atoms. The maximum Gasteiger partial charge on any atom is 0.284 e. The zero-order valence-electron chi connectivity index (χ0n) is 9.25. The molecule has 0 atom stereocenters. The summed E-state index contributed by atoms with van der Waals surface area (Å²) in [7, 11) is 1.60. The molecule has 0 amide bonds. The van der Waals surface area contributed by atoms with Crippen LogP contribution in [-0.2, 0) is 9.47 Å². The van der Waals surface area contributed by atoms with E-state index in [0.717, 1.165) is 18.4 Å². The van der Waals surface area contributed by atoms with Crippen LogP contribution < -0.4 is 0 Å². The van der Waals surface area contributed by atoms with Gasteiger partial charge in [0.15, 0.2) is 0 Å². The molecule has 0 aliphatic heterocycles. The van der Waals surface area contributed by atoms with Crippen LogP contribution in [0.25, 0.3) is 0 Å². The maximum atomic E-state index is 5.36. The standard InChI is InChI=1S/C10H18O2S2/c1-5-6-7-8(2)9(11-3)12-10(13)14-4/h5-7H2,1-4H3/b9-8+. The number of ether oxygens (including phenoxy) is 2. The van der Waals surface area contributed by atoms with Crippen molar-refractivity contribution in [3.63, 3.8) is 0 Å². The molecular weight excluding hydrogens is 216 g/mol. The van der Waals surface area contributed by atoms with Gasteiger partial charge in [-0.05, 0) is 38.2 Å². The van der Waals surface area contributed by atoms with Gasteiger partial charge in [-0.2, -0.15) is 0 Å². The molecule has 0 saturated carbocycles. The van der Waals surface area contributed by atoms with Crippen molar-refractivity contribution in [3.8, 4) is 0 Å². The first-order chi connectivity index (χ1) is 6.65. The van der Waals surface area contributed by atoms with Crippen molar-refractivity contribution in [2.45, 2.75) is 33.1 Å². The van der Waals surface area contributed by atoms with Gasteiger partial charge in [0.05, 0.1) is 7.11 Å². The van der Waals surface area contributed by atoms with Gasteiger partial charge in [-0.3, -0.25) is 0 Å². The fourth-order valence-electron chi connectivity index (χ4n) is 0.964. The summed E-state index contributed by atoms with van der Waals surface area (Å²) in [6.07, 6.45) is 5.20. The van der Waals surface area contributed by atoms with Crippen LogP contribution in [0.2, 0.25) is 0 Å². The third-order valence-electron chi connectivity index (χ3n) is 1.78. The van der Waals surface area contributed by atoms with Gasteiger partial charge in [-0.15, -0.1) is 0 Å². The van der Waals surface area contributed by atoms with E-state index in [1.54, 1.807) is 7.11 Å². The Morgan fingerprint density at radius 2 is 2.07 bits per heavy atom. The summed E-state index contributed by atoms with van der Waals surface area (Å²) in [4.78, 5) is 0. The molecule has 0 N–H and O–H groups in total. The molecule has 0 rings (SSSR count). The van der Waals surface area contributed by atoms with E-state index in [9.17, 15) is 0 Å². The van der Waals surface area contributed by atoms with Crippen LogP contribution in [0.1, 0.15) is 33.1 Å². The van der Waals surface area contributed by atoms with E-state index in [1.807, 2.05) is 13.2 Å². The van der Waals surface area contributed by atoms with E-state index in [1.165, 1.54) is 18.2 Å². The highest BCUT2D eigenvalue weighted by Gasteiger charge is 2.06. The molecule has 0 aromatic rings. The van der Waals surface area contributed by atoms with Crippen molar-refractivity contribution in [2.24, 2.45) is 0 Å². The first-order valence-corrected chi connectivity index (χ1v) is 6.28. The Kier molecular flexibility index (Phi) is 7.99. The Labute approximate surface area is 96.0 Å². The van der Waals surface area contributed by atoms with Crippen LogP contribution >= 0.6 is 24.0 Å². The van der Waals surface area contributed by atoms with E-state index >= 15 is 0 Å². The van der Waals surface area contributed by atoms with Crippen molar-refractivity contribution >= 4 is 28.4 Å². The number of thiocarbonyl (C=S) groups is 1. The Balaban J connectivity index is 4.26. The monoisotopic (exact) mass is 234 g/mol. The summed E-state index contributed by atoms with van der Waals surface area (Å²) in [6, 6.07) is 0. The molecule has 0 aromatic carbocycles. The summed E-state index contributed by atoms with van der Waals surface area (Å²) in [5.74, 6) is 0.554. The average Bonchev–Trinajstić information content (AvgIpc) is 2.21. The van der Waals surface area contributed by atoms with Gasteiger partial charge in [0.2, 0.25) is 4.38 Å². The minimum Gasteiger partial charge on any atom is -0.468 e. The minimum atomic E-state index is 0.498. The Hall–Kier alpha value is -0.220. The molecule has 14 heavy (non-hydrogen) atoms. The lowest BCUT2D eigenvalue weighted by atomic mass is 10.1. The predicted octanol–water partition coefficient (Wildman–Crippen LogP) is 3.72. The molecule has 0 aliphatic rings. The van der Waals surface area contributed by atoms with Crippen LogP contribution in [0.5, 0.6) is 0 Å². The van der Waals surface area contributed by atoms with E-state index < -0.39 is 0 Å². The Morgan fingerprint density at radius 3 is 2.50 bits per heavy atom. The fraction of sp³-hybridized carbons (Fsp3) is 0.700. The average molecular weight is 234 g/mol. The van der Waals surface area contributed by atoms with Crippen molar-refractivity contribution in [2.75, 3.05) is 13.4 Å². The van der Waals surface area contributed by atoms with Crippen LogP contribution in [0, 0.1) is 0 Å². The maximum absolute atomic E-state index is 5.36. The van der Waals surface area contributed by atoms with Crippen molar-refractivity contribution < 1.29 is 9.47 Å². The van der Waals surface area contributed by atoms with Gasteiger partial charge in [0.25, 0.3) is 5.95 Å². The normalized spacial score (nSPS) is 12.0. The minimum absolute atomic E-state index is 0.498. The molecule has 82 valence electrons. The zero-order chi connectivity index (χ0) is 11.0. The second-order valence-corrected chi connectivity index (χ2v) is 4.34. The first kappa shape index (κ1) is 13.8. The summed E-state index contributed by atoms with van der Waals surface area (Å²) >= 11 is 6.36. The molecule has 0 spiro atoms. The molecule has 0 aliphatic carbocycles. The number of hydrogen-bond donors (Lipinski definition) is 0. The zero-order valence-corrected chi connectivity index (χ0v) is 10.9. The van der Waals surface area contributed by atoms with Gasteiger partial charge in [0.1, 0.15) is 0 Å². The molecule has 0 unspecified atom stereocenters. The summed E-state index contributed by atoms with van der Waals surface area (Å²) in [6.45, 7) is 4.17. The second-order valence-electron chi connectivity index (χ2n) is 2.93. The van der Waals surface area contributed by atoms with Crippen molar-refractivity contribution in [1.29, 1.82) is 0 Å². The summed E-state index contributed by atoms with van der Waals surface area (Å²) in [5, 5.41) is 0. The quantitative estimate of drug-likeness (QED) is 0.533. The third-order valence-corrected chi connectivity index (χ3v) is 2.78. The van der Waals surface area contributed by atoms with E-state index in [0.29, 0.717) is 10.3 Å². The smallest absolute Gasteiger partial charge is 0.284 e. The molecule has 0 radical (unpaired) electrons. The molecule has 0 heterocycles. The van der Waals surface area contributed by atoms with Crippen LogP contribution in [0.3, 0.4) is 0 Å². The fourth-order valence-corrected chi connectivity index (χ4v) is 1.20. The van der Waals surface area contributed by atoms with Gasteiger partial charge in [0, 0.05) is 5.57 Å². The van der Waals surface area contributed by atoms with Crippen LogP contribution in [0.15, 0.2) is 11.5 Å². The number of unbranched alkanes of at least 4 members (excludes halogenated alkanes) is 1. The molecule has 4 heteroatoms. The molecule has 2 nitrogen and oxygen atoms in total. The highest BCUT2D eigenvalue weighted by molar-refractivity contribution is 8.22. The van der Waals surface area contributed by atoms with Crippen LogP contribution in [0.4, 0.5) is 0 Å². The highest BCUT2D eigenvalue weighted by atomic mass is 32.2. The number of rotatable bonds is 5. The molecular formula is C10H18O2S2. The third kappa shape index (κ3) is 5.50. The lowest BCUT2D eigenvalue weighted by Crippen LogP contribution is -2.02. The van der Waals surface area contributed by atoms with Gasteiger partial charge < -0.3 is 9.47 Å². The number of allylic oxidation sites excluding steroid dienone is 1. The van der Waals surface area contributed by atoms with Gasteiger partial charge in [-0.25, -0.2) is 0 Å².